The highest BCUT2D eigenvalue weighted by Crippen LogP contribution is 2.31. The molecule has 0 saturated heterocycles. The van der Waals surface area contributed by atoms with Crippen LogP contribution in [0.25, 0.3) is 0 Å². The predicted octanol–water partition coefficient (Wildman–Crippen LogP) is 2.63. The lowest BCUT2D eigenvalue weighted by molar-refractivity contribution is 0.475. The third-order valence-corrected chi connectivity index (χ3v) is 3.64. The van der Waals surface area contributed by atoms with Gasteiger partial charge in [0.25, 0.3) is 0 Å². The number of hydrogen-bond donors (Lipinski definition) is 2. The second kappa shape index (κ2) is 6.35. The van der Waals surface area contributed by atoms with Gasteiger partial charge in [0.1, 0.15) is 0 Å². The van der Waals surface area contributed by atoms with Crippen LogP contribution in [0.5, 0.6) is 0 Å². The van der Waals surface area contributed by atoms with Crippen molar-refractivity contribution in [2.24, 2.45) is 5.84 Å². The van der Waals surface area contributed by atoms with E-state index in [-0.39, 0.29) is 12.1 Å². The summed E-state index contributed by atoms with van der Waals surface area (Å²) in [7, 11) is 0. The molecule has 3 N–H and O–H groups in total. The largest absolute Gasteiger partial charge is 0.271 e. The van der Waals surface area contributed by atoms with E-state index < -0.39 is 0 Å². The van der Waals surface area contributed by atoms with Crippen molar-refractivity contribution in [3.05, 3.63) is 46.5 Å². The van der Waals surface area contributed by atoms with Gasteiger partial charge in [0.2, 0.25) is 0 Å². The zero-order valence-electron chi connectivity index (χ0n) is 12.0. The fourth-order valence-corrected chi connectivity index (χ4v) is 2.60. The second-order valence-electron chi connectivity index (χ2n) is 4.94. The van der Waals surface area contributed by atoms with Gasteiger partial charge in [0.15, 0.2) is 0 Å². The third-order valence-electron chi connectivity index (χ3n) is 3.35. The van der Waals surface area contributed by atoms with Gasteiger partial charge in [-0.25, -0.2) is 5.43 Å². The van der Waals surface area contributed by atoms with Crippen LogP contribution in [0, 0.1) is 0 Å². The van der Waals surface area contributed by atoms with Crippen LogP contribution in [0.2, 0.25) is 5.02 Å². The number of hydrogen-bond acceptors (Lipinski definition) is 4. The first-order valence-corrected chi connectivity index (χ1v) is 7.09. The van der Waals surface area contributed by atoms with Gasteiger partial charge in [0.05, 0.1) is 23.0 Å². The van der Waals surface area contributed by atoms with Crippen LogP contribution in [0.15, 0.2) is 24.7 Å². The molecule has 2 aromatic heterocycles. The van der Waals surface area contributed by atoms with Gasteiger partial charge >= 0.3 is 0 Å². The molecular weight excluding hydrogens is 274 g/mol. The lowest BCUT2D eigenvalue weighted by Gasteiger charge is -2.22. The Balaban J connectivity index is 2.55. The van der Waals surface area contributed by atoms with E-state index in [2.05, 4.69) is 36.3 Å². The summed E-state index contributed by atoms with van der Waals surface area (Å²) in [6.45, 7) is 6.22. The maximum atomic E-state index is 6.31. The molecule has 108 valence electrons. The molecule has 0 saturated carbocycles. The molecule has 0 amide bonds. The molecule has 0 aliphatic rings. The van der Waals surface area contributed by atoms with Crippen LogP contribution in [-0.4, -0.2) is 14.8 Å². The standard InChI is InChI=1S/C14H20ClN5/c1-4-10-7-17-6-5-11(10)13(19-16)14-12(15)8-18-20(14)9(2)3/h5-9,13,19H,4,16H2,1-3H3. The molecular formula is C14H20ClN5. The summed E-state index contributed by atoms with van der Waals surface area (Å²) in [4.78, 5) is 4.17. The summed E-state index contributed by atoms with van der Waals surface area (Å²) in [6.07, 6.45) is 6.18. The highest BCUT2D eigenvalue weighted by atomic mass is 35.5. The normalized spacial score (nSPS) is 12.9. The van der Waals surface area contributed by atoms with Crippen LogP contribution in [0.1, 0.15) is 49.7 Å². The van der Waals surface area contributed by atoms with Gasteiger partial charge in [-0.1, -0.05) is 18.5 Å². The van der Waals surface area contributed by atoms with Crippen LogP contribution < -0.4 is 11.3 Å². The van der Waals surface area contributed by atoms with Gasteiger partial charge < -0.3 is 0 Å². The van der Waals surface area contributed by atoms with Crippen molar-refractivity contribution < 1.29 is 0 Å². The van der Waals surface area contributed by atoms with Crippen molar-refractivity contribution in [1.29, 1.82) is 0 Å². The number of aromatic nitrogens is 3. The Kier molecular flexibility index (Phi) is 4.75. The molecule has 0 aliphatic heterocycles. The highest BCUT2D eigenvalue weighted by Gasteiger charge is 2.24. The quantitative estimate of drug-likeness (QED) is 0.657. The number of rotatable bonds is 5. The highest BCUT2D eigenvalue weighted by molar-refractivity contribution is 6.31. The van der Waals surface area contributed by atoms with E-state index >= 15 is 0 Å². The Labute approximate surface area is 124 Å². The molecule has 6 heteroatoms. The van der Waals surface area contributed by atoms with E-state index in [0.717, 1.165) is 23.2 Å². The van der Waals surface area contributed by atoms with Gasteiger partial charge in [0, 0.05) is 18.4 Å². The molecule has 5 nitrogen and oxygen atoms in total. The molecule has 0 aliphatic carbocycles. The Morgan fingerprint density at radius 2 is 2.15 bits per heavy atom. The lowest BCUT2D eigenvalue weighted by atomic mass is 9.98. The molecule has 0 radical (unpaired) electrons. The molecule has 2 heterocycles. The van der Waals surface area contributed by atoms with Crippen LogP contribution in [0.3, 0.4) is 0 Å². The number of pyridine rings is 1. The van der Waals surface area contributed by atoms with E-state index in [9.17, 15) is 0 Å². The number of halogens is 1. The van der Waals surface area contributed by atoms with Crippen molar-refractivity contribution >= 4 is 11.6 Å². The first-order valence-electron chi connectivity index (χ1n) is 6.71. The average Bonchev–Trinajstić information content (AvgIpc) is 2.83. The number of nitrogens with one attached hydrogen (secondary N) is 1. The van der Waals surface area contributed by atoms with Crippen LogP contribution in [-0.2, 0) is 6.42 Å². The summed E-state index contributed by atoms with van der Waals surface area (Å²) >= 11 is 6.31. The topological polar surface area (TPSA) is 68.8 Å². The Hall–Kier alpha value is -1.43. The minimum Gasteiger partial charge on any atom is -0.271 e. The average molecular weight is 294 g/mol. The Morgan fingerprint density at radius 1 is 1.40 bits per heavy atom. The minimum atomic E-state index is -0.203. The van der Waals surface area contributed by atoms with Gasteiger partial charge in [-0.3, -0.25) is 15.5 Å². The van der Waals surface area contributed by atoms with Gasteiger partial charge in [-0.15, -0.1) is 0 Å². The smallest absolute Gasteiger partial charge is 0.0897 e. The zero-order chi connectivity index (χ0) is 14.7. The minimum absolute atomic E-state index is 0.203. The fraction of sp³-hybridized carbons (Fsp3) is 0.429. The molecule has 0 bridgehead atoms. The summed E-state index contributed by atoms with van der Waals surface area (Å²) in [5, 5.41) is 4.95. The summed E-state index contributed by atoms with van der Waals surface area (Å²) in [5.41, 5.74) is 5.96. The molecule has 0 fully saturated rings. The molecule has 2 aromatic rings. The van der Waals surface area contributed by atoms with E-state index in [1.165, 1.54) is 0 Å². The SMILES string of the molecule is CCc1cnccc1C(NN)c1c(Cl)cnn1C(C)C. The maximum absolute atomic E-state index is 6.31. The second-order valence-corrected chi connectivity index (χ2v) is 5.35. The van der Waals surface area contributed by atoms with E-state index in [0.29, 0.717) is 5.02 Å². The lowest BCUT2D eigenvalue weighted by Crippen LogP contribution is -2.32. The summed E-state index contributed by atoms with van der Waals surface area (Å²) in [5.74, 6) is 5.79. The Bertz CT molecular complexity index is 579. The molecule has 0 aromatic carbocycles. The number of nitrogens with two attached hydrogens (primary N) is 1. The molecule has 0 spiro atoms. The van der Waals surface area contributed by atoms with Crippen molar-refractivity contribution in [2.45, 2.75) is 39.3 Å². The number of hydrazine groups is 1. The van der Waals surface area contributed by atoms with Crippen molar-refractivity contribution in [3.8, 4) is 0 Å². The monoisotopic (exact) mass is 293 g/mol. The third kappa shape index (κ3) is 2.70. The zero-order valence-corrected chi connectivity index (χ0v) is 12.7. The first kappa shape index (κ1) is 15.0. The van der Waals surface area contributed by atoms with Gasteiger partial charge in [-0.2, -0.15) is 5.10 Å². The molecule has 20 heavy (non-hydrogen) atoms. The van der Waals surface area contributed by atoms with Gasteiger partial charge in [-0.05, 0) is 37.5 Å². The van der Waals surface area contributed by atoms with Crippen molar-refractivity contribution in [3.63, 3.8) is 0 Å². The van der Waals surface area contributed by atoms with E-state index in [1.54, 1.807) is 12.4 Å². The predicted molar refractivity (Wildman–Crippen MR) is 80.4 cm³/mol. The first-order chi connectivity index (χ1) is 9.60. The van der Waals surface area contributed by atoms with Crippen LogP contribution >= 0.6 is 11.6 Å². The van der Waals surface area contributed by atoms with Crippen molar-refractivity contribution in [2.75, 3.05) is 0 Å². The van der Waals surface area contributed by atoms with Crippen LogP contribution in [0.4, 0.5) is 0 Å². The summed E-state index contributed by atoms with van der Waals surface area (Å²) < 4.78 is 1.90. The molecule has 2 rings (SSSR count). The fourth-order valence-electron chi connectivity index (χ4n) is 2.36. The summed E-state index contributed by atoms with van der Waals surface area (Å²) in [6, 6.07) is 1.97. The Morgan fingerprint density at radius 3 is 2.75 bits per heavy atom. The van der Waals surface area contributed by atoms with E-state index in [4.69, 9.17) is 17.4 Å². The van der Waals surface area contributed by atoms with E-state index in [1.807, 2.05) is 16.9 Å². The molecule has 1 atom stereocenters. The van der Waals surface area contributed by atoms with Crippen molar-refractivity contribution in [1.82, 2.24) is 20.2 Å². The maximum Gasteiger partial charge on any atom is 0.0897 e. The molecule has 1 unspecified atom stereocenters. The number of nitrogens with zero attached hydrogens (tertiary/aromatic N) is 3. The number of aryl methyl sites for hydroxylation is 1.